The second-order valence-electron chi connectivity index (χ2n) is 8.53. The van der Waals surface area contributed by atoms with Crippen LogP contribution in [0.15, 0.2) is 89.9 Å². The third-order valence-electron chi connectivity index (χ3n) is 6.73. The number of benzene rings is 2. The molecule has 33 heavy (non-hydrogen) atoms. The third-order valence-corrected chi connectivity index (χ3v) is 6.73. The van der Waals surface area contributed by atoms with Gasteiger partial charge in [-0.3, -0.25) is 9.59 Å². The Bertz CT molecular complexity index is 1330. The number of para-hydroxylation sites is 1. The SMILES string of the molecule is O=C(c1ccc(Cn2ccnc2)o1)N1CC[C@]2(C(=O)Nc3ccccc32)[C@@H]1c1ccccc1. The minimum absolute atomic E-state index is 0.0619. The second kappa shape index (κ2) is 7.48. The van der Waals surface area contributed by atoms with E-state index in [-0.39, 0.29) is 17.6 Å². The van der Waals surface area contributed by atoms with Crippen molar-refractivity contribution in [1.29, 1.82) is 0 Å². The summed E-state index contributed by atoms with van der Waals surface area (Å²) >= 11 is 0. The lowest BCUT2D eigenvalue weighted by molar-refractivity contribution is -0.121. The molecular formula is C26H22N4O3. The van der Waals surface area contributed by atoms with Gasteiger partial charge in [0.25, 0.3) is 5.91 Å². The Balaban J connectivity index is 1.39. The Hall–Kier alpha value is -4.13. The molecule has 6 rings (SSSR count). The van der Waals surface area contributed by atoms with Gasteiger partial charge in [0.05, 0.1) is 18.9 Å². The number of aromatic nitrogens is 2. The third kappa shape index (κ3) is 3.00. The molecule has 2 aliphatic rings. The van der Waals surface area contributed by atoms with Gasteiger partial charge in [-0.1, -0.05) is 48.5 Å². The first-order valence-corrected chi connectivity index (χ1v) is 11.0. The zero-order chi connectivity index (χ0) is 22.4. The van der Waals surface area contributed by atoms with Crippen LogP contribution in [0, 0.1) is 0 Å². The van der Waals surface area contributed by atoms with E-state index in [4.69, 9.17) is 4.42 Å². The number of nitrogens with zero attached hydrogens (tertiary/aromatic N) is 3. The van der Waals surface area contributed by atoms with E-state index in [1.165, 1.54) is 0 Å². The summed E-state index contributed by atoms with van der Waals surface area (Å²) in [5.41, 5.74) is 1.86. The molecule has 0 radical (unpaired) electrons. The molecule has 4 aromatic rings. The van der Waals surface area contributed by atoms with Crippen LogP contribution in [0.2, 0.25) is 0 Å². The molecule has 1 N–H and O–H groups in total. The fourth-order valence-corrected chi connectivity index (χ4v) is 5.28. The fourth-order valence-electron chi connectivity index (χ4n) is 5.28. The number of likely N-dealkylation sites (tertiary alicyclic amines) is 1. The van der Waals surface area contributed by atoms with Crippen molar-refractivity contribution in [2.24, 2.45) is 0 Å². The number of fused-ring (bicyclic) bond motifs is 2. The molecule has 1 saturated heterocycles. The van der Waals surface area contributed by atoms with E-state index in [9.17, 15) is 9.59 Å². The van der Waals surface area contributed by atoms with Crippen LogP contribution in [0.4, 0.5) is 5.69 Å². The maximum Gasteiger partial charge on any atom is 0.290 e. The summed E-state index contributed by atoms with van der Waals surface area (Å²) < 4.78 is 7.80. The van der Waals surface area contributed by atoms with Crippen LogP contribution in [0.3, 0.4) is 0 Å². The number of nitrogens with one attached hydrogen (secondary N) is 1. The van der Waals surface area contributed by atoms with E-state index < -0.39 is 11.5 Å². The molecule has 0 saturated carbocycles. The Morgan fingerprint density at radius 1 is 1.09 bits per heavy atom. The average molecular weight is 438 g/mol. The molecule has 7 heteroatoms. The maximum absolute atomic E-state index is 13.7. The number of carbonyl (C=O) groups is 2. The number of hydrogen-bond acceptors (Lipinski definition) is 4. The zero-order valence-electron chi connectivity index (χ0n) is 17.8. The maximum atomic E-state index is 13.7. The number of furan rings is 1. The van der Waals surface area contributed by atoms with Gasteiger partial charge in [-0.25, -0.2) is 4.98 Å². The Morgan fingerprint density at radius 3 is 2.73 bits per heavy atom. The summed E-state index contributed by atoms with van der Waals surface area (Å²) in [5, 5.41) is 3.05. The number of amides is 2. The molecule has 2 aromatic carbocycles. The van der Waals surface area contributed by atoms with Gasteiger partial charge < -0.3 is 19.2 Å². The number of imidazole rings is 1. The minimum atomic E-state index is -0.833. The molecular weight excluding hydrogens is 416 g/mol. The highest BCUT2D eigenvalue weighted by atomic mass is 16.4. The molecule has 2 aliphatic heterocycles. The van der Waals surface area contributed by atoms with Crippen LogP contribution in [0.5, 0.6) is 0 Å². The Kier molecular flexibility index (Phi) is 4.43. The van der Waals surface area contributed by atoms with Gasteiger partial charge in [0.1, 0.15) is 11.2 Å². The van der Waals surface area contributed by atoms with Crippen molar-refractivity contribution in [2.45, 2.75) is 24.4 Å². The lowest BCUT2D eigenvalue weighted by atomic mass is 9.72. The first kappa shape index (κ1) is 19.5. The predicted molar refractivity (Wildman–Crippen MR) is 122 cm³/mol. The number of carbonyl (C=O) groups excluding carboxylic acids is 2. The second-order valence-corrected chi connectivity index (χ2v) is 8.53. The van der Waals surface area contributed by atoms with E-state index in [1.807, 2.05) is 71.4 Å². The van der Waals surface area contributed by atoms with Crippen LogP contribution in [-0.4, -0.2) is 32.8 Å². The van der Waals surface area contributed by atoms with Gasteiger partial charge in [-0.2, -0.15) is 0 Å². The van der Waals surface area contributed by atoms with E-state index in [0.29, 0.717) is 25.3 Å². The molecule has 2 atom stereocenters. The number of anilines is 1. The van der Waals surface area contributed by atoms with Crippen molar-refractivity contribution in [1.82, 2.24) is 14.5 Å². The topological polar surface area (TPSA) is 80.4 Å². The zero-order valence-corrected chi connectivity index (χ0v) is 17.8. The first-order valence-electron chi connectivity index (χ1n) is 11.0. The summed E-state index contributed by atoms with van der Waals surface area (Å²) in [5.74, 6) is 0.670. The van der Waals surface area contributed by atoms with E-state index >= 15 is 0 Å². The standard InChI is InChI=1S/C26H22N4O3/c31-24(22-11-10-19(33-22)16-29-15-13-27-17-29)30-14-12-26(23(30)18-6-2-1-3-7-18)20-8-4-5-9-21(20)28-25(26)32/h1-11,13,15,17,23H,12,14,16H2,(H,28,32)/t23-,26+/m0/s1. The number of rotatable bonds is 4. The normalized spacial score (nSPS) is 21.4. The largest absolute Gasteiger partial charge is 0.454 e. The summed E-state index contributed by atoms with van der Waals surface area (Å²) in [4.78, 5) is 33.0. The Morgan fingerprint density at radius 2 is 1.91 bits per heavy atom. The lowest BCUT2D eigenvalue weighted by Gasteiger charge is -2.34. The molecule has 2 aromatic heterocycles. The van der Waals surface area contributed by atoms with Crippen molar-refractivity contribution in [3.63, 3.8) is 0 Å². The van der Waals surface area contributed by atoms with E-state index in [1.54, 1.807) is 23.5 Å². The molecule has 0 unspecified atom stereocenters. The van der Waals surface area contributed by atoms with Crippen LogP contribution in [0.1, 0.15) is 39.9 Å². The molecule has 1 spiro atoms. The van der Waals surface area contributed by atoms with E-state index in [2.05, 4.69) is 10.3 Å². The monoisotopic (exact) mass is 438 g/mol. The predicted octanol–water partition coefficient (Wildman–Crippen LogP) is 4.00. The van der Waals surface area contributed by atoms with Gasteiger partial charge in [0.2, 0.25) is 5.91 Å². The average Bonchev–Trinajstić information content (AvgIpc) is 3.63. The lowest BCUT2D eigenvalue weighted by Crippen LogP contribution is -2.42. The molecule has 0 aliphatic carbocycles. The first-order chi connectivity index (χ1) is 16.2. The van der Waals surface area contributed by atoms with Gasteiger partial charge in [0, 0.05) is 24.6 Å². The summed E-state index contributed by atoms with van der Waals surface area (Å²) in [6, 6.07) is 20.7. The van der Waals surface area contributed by atoms with Gasteiger partial charge in [0.15, 0.2) is 5.76 Å². The minimum Gasteiger partial charge on any atom is -0.454 e. The molecule has 4 heterocycles. The van der Waals surface area contributed by atoms with Gasteiger partial charge in [-0.15, -0.1) is 0 Å². The molecule has 2 amide bonds. The van der Waals surface area contributed by atoms with Crippen LogP contribution in [0.25, 0.3) is 0 Å². The van der Waals surface area contributed by atoms with Crippen molar-refractivity contribution in [3.05, 3.63) is 108 Å². The van der Waals surface area contributed by atoms with Crippen molar-refractivity contribution >= 4 is 17.5 Å². The highest BCUT2D eigenvalue weighted by molar-refractivity contribution is 6.08. The Labute approximate surface area is 190 Å². The highest BCUT2D eigenvalue weighted by Crippen LogP contribution is 2.54. The molecule has 164 valence electrons. The quantitative estimate of drug-likeness (QED) is 0.522. The van der Waals surface area contributed by atoms with Gasteiger partial charge >= 0.3 is 0 Å². The van der Waals surface area contributed by atoms with Crippen molar-refractivity contribution < 1.29 is 14.0 Å². The van der Waals surface area contributed by atoms with Crippen molar-refractivity contribution in [3.8, 4) is 0 Å². The van der Waals surface area contributed by atoms with E-state index in [0.717, 1.165) is 16.8 Å². The summed E-state index contributed by atoms with van der Waals surface area (Å²) in [6.07, 6.45) is 5.79. The molecule has 1 fully saturated rings. The highest BCUT2D eigenvalue weighted by Gasteiger charge is 2.59. The van der Waals surface area contributed by atoms with Crippen molar-refractivity contribution in [2.75, 3.05) is 11.9 Å². The van der Waals surface area contributed by atoms with Crippen LogP contribution in [-0.2, 0) is 16.8 Å². The smallest absolute Gasteiger partial charge is 0.290 e. The number of hydrogen-bond donors (Lipinski definition) is 1. The van der Waals surface area contributed by atoms with Gasteiger partial charge in [-0.05, 0) is 35.7 Å². The molecule has 0 bridgehead atoms. The molecule has 7 nitrogen and oxygen atoms in total. The summed E-state index contributed by atoms with van der Waals surface area (Å²) in [6.45, 7) is 0.951. The fraction of sp³-hybridized carbons (Fsp3) is 0.192. The van der Waals surface area contributed by atoms with Crippen LogP contribution < -0.4 is 5.32 Å². The summed E-state index contributed by atoms with van der Waals surface area (Å²) in [7, 11) is 0. The van der Waals surface area contributed by atoms with Crippen LogP contribution >= 0.6 is 0 Å².